The van der Waals surface area contributed by atoms with Gasteiger partial charge in [0, 0.05) is 18.7 Å². The highest BCUT2D eigenvalue weighted by Gasteiger charge is 2.26. The van der Waals surface area contributed by atoms with Gasteiger partial charge in [-0.15, -0.1) is 0 Å². The van der Waals surface area contributed by atoms with Gasteiger partial charge in [0.2, 0.25) is 5.75 Å². The third kappa shape index (κ3) is 3.36. The number of halogens is 3. The zero-order valence-electron chi connectivity index (χ0n) is 14.8. The second-order valence-corrected chi connectivity index (χ2v) is 7.14. The number of ether oxygens (including phenoxy) is 1. The Morgan fingerprint density at radius 3 is 2.59 bits per heavy atom. The molecule has 11 heteroatoms. The van der Waals surface area contributed by atoms with Crippen LogP contribution in [0.1, 0.15) is 12.8 Å². The number of benzene rings is 1. The van der Waals surface area contributed by atoms with Crippen LogP contribution in [0.15, 0.2) is 35.3 Å². The van der Waals surface area contributed by atoms with Crippen LogP contribution < -0.4 is 10.3 Å². The van der Waals surface area contributed by atoms with Crippen molar-refractivity contribution in [1.29, 1.82) is 0 Å². The number of nitro groups is 1. The highest BCUT2D eigenvalue weighted by Crippen LogP contribution is 2.39. The molecular weight excluding hydrogens is 426 g/mol. The molecule has 0 fully saturated rings. The molecule has 0 bridgehead atoms. The summed E-state index contributed by atoms with van der Waals surface area (Å²) >= 11 is 12.5. The molecule has 0 unspecified atom stereocenters. The highest BCUT2D eigenvalue weighted by atomic mass is 35.5. The standard InChI is InChI=1S/C18H13Cl2FN4O4/c19-11-9-12(21)10(15-16(20)23-6-1-2-7-24(23)18(15)26)8-14(11)29-13-4-3-5-22-17(13)25(27)28/h3-5,8-9H,1-2,6-7H2. The van der Waals surface area contributed by atoms with E-state index in [0.717, 1.165) is 18.9 Å². The monoisotopic (exact) mass is 438 g/mol. The average molecular weight is 439 g/mol. The topological polar surface area (TPSA) is 92.2 Å². The quantitative estimate of drug-likeness (QED) is 0.436. The Labute approximate surface area is 173 Å². The van der Waals surface area contributed by atoms with E-state index in [0.29, 0.717) is 13.1 Å². The molecule has 1 aliphatic rings. The van der Waals surface area contributed by atoms with Crippen molar-refractivity contribution >= 4 is 29.0 Å². The van der Waals surface area contributed by atoms with Crippen LogP contribution in [0.5, 0.6) is 11.5 Å². The van der Waals surface area contributed by atoms with Gasteiger partial charge in [0.05, 0.1) is 10.6 Å². The van der Waals surface area contributed by atoms with Gasteiger partial charge in [-0.05, 0) is 47.0 Å². The molecule has 0 spiro atoms. The molecular formula is C18H13Cl2FN4O4. The lowest BCUT2D eigenvalue weighted by Gasteiger charge is -2.17. The van der Waals surface area contributed by atoms with E-state index in [2.05, 4.69) is 4.98 Å². The summed E-state index contributed by atoms with van der Waals surface area (Å²) in [6.07, 6.45) is 2.92. The van der Waals surface area contributed by atoms with Crippen molar-refractivity contribution < 1.29 is 14.1 Å². The van der Waals surface area contributed by atoms with Crippen LogP contribution in [-0.4, -0.2) is 19.3 Å². The fraction of sp³-hybridized carbons (Fsp3) is 0.222. The summed E-state index contributed by atoms with van der Waals surface area (Å²) in [5, 5.41) is 11.1. The number of hydrogen-bond acceptors (Lipinski definition) is 5. The second-order valence-electron chi connectivity index (χ2n) is 6.37. The molecule has 3 heterocycles. The van der Waals surface area contributed by atoms with E-state index in [1.165, 1.54) is 29.1 Å². The molecule has 1 aromatic carbocycles. The smallest absolute Gasteiger partial charge is 0.406 e. The number of pyridine rings is 1. The fourth-order valence-electron chi connectivity index (χ4n) is 3.27. The first-order valence-corrected chi connectivity index (χ1v) is 9.40. The van der Waals surface area contributed by atoms with Crippen molar-refractivity contribution in [1.82, 2.24) is 14.3 Å². The van der Waals surface area contributed by atoms with Crippen LogP contribution >= 0.6 is 23.2 Å². The Morgan fingerprint density at radius 1 is 1.17 bits per heavy atom. The first-order valence-electron chi connectivity index (χ1n) is 8.64. The van der Waals surface area contributed by atoms with Crippen molar-refractivity contribution in [2.45, 2.75) is 25.9 Å². The van der Waals surface area contributed by atoms with Crippen molar-refractivity contribution in [3.8, 4) is 22.6 Å². The zero-order valence-corrected chi connectivity index (χ0v) is 16.3. The van der Waals surface area contributed by atoms with E-state index in [1.54, 1.807) is 4.68 Å². The number of hydrogen-bond donors (Lipinski definition) is 0. The highest BCUT2D eigenvalue weighted by molar-refractivity contribution is 6.33. The predicted molar refractivity (Wildman–Crippen MR) is 104 cm³/mol. The summed E-state index contributed by atoms with van der Waals surface area (Å²) in [5.41, 5.74) is -0.525. The van der Waals surface area contributed by atoms with Crippen LogP contribution in [0.25, 0.3) is 11.1 Å². The van der Waals surface area contributed by atoms with Gasteiger partial charge in [0.15, 0.2) is 0 Å². The lowest BCUT2D eigenvalue weighted by Crippen LogP contribution is -2.27. The van der Waals surface area contributed by atoms with Crippen molar-refractivity contribution in [2.24, 2.45) is 0 Å². The molecule has 0 atom stereocenters. The van der Waals surface area contributed by atoms with Crippen molar-refractivity contribution in [2.75, 3.05) is 0 Å². The van der Waals surface area contributed by atoms with E-state index in [1.807, 2.05) is 0 Å². The summed E-state index contributed by atoms with van der Waals surface area (Å²) in [4.78, 5) is 26.9. The SMILES string of the molecule is O=c1c(-c2cc(Oc3cccnc3[N+](=O)[O-])c(Cl)cc2F)c(Cl)n2n1CCCC2. The third-order valence-electron chi connectivity index (χ3n) is 4.60. The first kappa shape index (κ1) is 19.4. The van der Waals surface area contributed by atoms with Gasteiger partial charge in [0.1, 0.15) is 22.9 Å². The van der Waals surface area contributed by atoms with Crippen molar-refractivity contribution in [3.05, 3.63) is 66.9 Å². The molecule has 0 amide bonds. The maximum atomic E-state index is 14.7. The van der Waals surface area contributed by atoms with Crippen LogP contribution in [0.3, 0.4) is 0 Å². The first-order chi connectivity index (χ1) is 13.9. The van der Waals surface area contributed by atoms with Gasteiger partial charge < -0.3 is 14.9 Å². The van der Waals surface area contributed by atoms with Gasteiger partial charge in [-0.2, -0.15) is 0 Å². The van der Waals surface area contributed by atoms with Crippen LogP contribution in [0, 0.1) is 15.9 Å². The minimum Gasteiger partial charge on any atom is -0.447 e. The minimum absolute atomic E-state index is 0.00623. The molecule has 150 valence electrons. The Hall–Kier alpha value is -2.91. The molecule has 29 heavy (non-hydrogen) atoms. The summed E-state index contributed by atoms with van der Waals surface area (Å²) in [6, 6.07) is 4.98. The largest absolute Gasteiger partial charge is 0.447 e. The fourth-order valence-corrected chi connectivity index (χ4v) is 3.82. The van der Waals surface area contributed by atoms with Gasteiger partial charge >= 0.3 is 5.82 Å². The molecule has 1 aliphatic heterocycles. The van der Waals surface area contributed by atoms with E-state index < -0.39 is 22.1 Å². The molecule has 8 nitrogen and oxygen atoms in total. The van der Waals surface area contributed by atoms with Crippen LogP contribution in [-0.2, 0) is 13.1 Å². The molecule has 3 aromatic rings. The minimum atomic E-state index is -0.759. The van der Waals surface area contributed by atoms with E-state index in [9.17, 15) is 19.3 Å². The summed E-state index contributed by atoms with van der Waals surface area (Å²) < 4.78 is 23.3. The molecule has 0 radical (unpaired) electrons. The molecule has 0 saturated carbocycles. The van der Waals surface area contributed by atoms with Crippen molar-refractivity contribution in [3.63, 3.8) is 0 Å². The molecule has 0 aliphatic carbocycles. The number of aromatic nitrogens is 3. The Balaban J connectivity index is 1.84. The summed E-state index contributed by atoms with van der Waals surface area (Å²) in [5.74, 6) is -1.52. The molecule has 4 rings (SSSR count). The normalized spacial score (nSPS) is 13.2. The second kappa shape index (κ2) is 7.49. The number of rotatable bonds is 4. The van der Waals surface area contributed by atoms with Gasteiger partial charge in [0.25, 0.3) is 5.56 Å². The number of nitrogens with zero attached hydrogens (tertiary/aromatic N) is 4. The van der Waals surface area contributed by atoms with Crippen LogP contribution in [0.4, 0.5) is 10.2 Å². The molecule has 2 aromatic heterocycles. The predicted octanol–water partition coefficient (Wildman–Crippen LogP) is 4.65. The summed E-state index contributed by atoms with van der Waals surface area (Å²) in [7, 11) is 0. The Morgan fingerprint density at radius 2 is 1.90 bits per heavy atom. The van der Waals surface area contributed by atoms with E-state index in [4.69, 9.17) is 27.9 Å². The lowest BCUT2D eigenvalue weighted by atomic mass is 10.1. The van der Waals surface area contributed by atoms with Crippen LogP contribution in [0.2, 0.25) is 10.2 Å². The average Bonchev–Trinajstić information content (AvgIpc) is 2.95. The maximum absolute atomic E-state index is 14.7. The van der Waals surface area contributed by atoms with Gasteiger partial charge in [-0.3, -0.25) is 9.48 Å². The van der Waals surface area contributed by atoms with Gasteiger partial charge in [-0.25, -0.2) is 9.07 Å². The Bertz CT molecular complexity index is 1190. The molecule has 0 saturated heterocycles. The maximum Gasteiger partial charge on any atom is 0.406 e. The Kier molecular flexibility index (Phi) is 5.01. The third-order valence-corrected chi connectivity index (χ3v) is 5.28. The number of fused-ring (bicyclic) bond motifs is 1. The molecule has 0 N–H and O–H groups in total. The van der Waals surface area contributed by atoms with Gasteiger partial charge in [-0.1, -0.05) is 23.2 Å². The van der Waals surface area contributed by atoms with E-state index >= 15 is 0 Å². The summed E-state index contributed by atoms with van der Waals surface area (Å²) in [6.45, 7) is 1.04. The zero-order chi connectivity index (χ0) is 20.7. The lowest BCUT2D eigenvalue weighted by molar-refractivity contribution is -0.390. The van der Waals surface area contributed by atoms with E-state index in [-0.39, 0.29) is 32.8 Å².